The van der Waals surface area contributed by atoms with Crippen molar-refractivity contribution in [2.24, 2.45) is 16.7 Å². The van der Waals surface area contributed by atoms with Crippen LogP contribution in [0.2, 0.25) is 0 Å². The first kappa shape index (κ1) is 17.8. The first-order valence-corrected chi connectivity index (χ1v) is 9.11. The van der Waals surface area contributed by atoms with E-state index in [9.17, 15) is 14.4 Å². The lowest BCUT2D eigenvalue weighted by Gasteiger charge is -2.44. The lowest BCUT2D eigenvalue weighted by Crippen LogP contribution is -2.55. The number of likely N-dealkylation sites (tertiary alicyclic amines) is 1. The molecule has 134 valence electrons. The molecule has 1 spiro atoms. The standard InChI is InChI=1S/C21H27NO3/c1-15(23)11-17-9-10-22(13-16-7-5-4-6-8-16)19(25)21(17)14-20(2,3)12-18(21)24/h4-8,17H,9-14H2,1-3H3/t17-,21-/m1/s1. The molecule has 1 aliphatic carbocycles. The zero-order valence-corrected chi connectivity index (χ0v) is 15.4. The summed E-state index contributed by atoms with van der Waals surface area (Å²) in [7, 11) is 0. The van der Waals surface area contributed by atoms with Crippen LogP contribution in [0.1, 0.15) is 52.0 Å². The fourth-order valence-corrected chi connectivity index (χ4v) is 4.77. The van der Waals surface area contributed by atoms with Crippen LogP contribution < -0.4 is 0 Å². The molecule has 4 heteroatoms. The SMILES string of the molecule is CC(=O)C[C@H]1CCN(Cc2ccccc2)C(=O)[C@]12CC(C)(C)CC2=O. The summed E-state index contributed by atoms with van der Waals surface area (Å²) in [6.45, 7) is 6.80. The second-order valence-corrected chi connectivity index (χ2v) is 8.52. The molecular formula is C21H27NO3. The molecular weight excluding hydrogens is 314 g/mol. The zero-order chi connectivity index (χ0) is 18.2. The molecule has 3 rings (SSSR count). The number of Topliss-reactive ketones (excluding diaryl/α,β-unsaturated/α-hetero) is 2. The normalized spacial score (nSPS) is 28.6. The molecule has 1 saturated carbocycles. The minimum atomic E-state index is -0.998. The molecule has 0 bridgehead atoms. The van der Waals surface area contributed by atoms with Gasteiger partial charge in [-0.3, -0.25) is 9.59 Å². The van der Waals surface area contributed by atoms with Crippen LogP contribution in [0, 0.1) is 16.7 Å². The Hall–Kier alpha value is -1.97. The van der Waals surface area contributed by atoms with Crippen LogP contribution in [0.3, 0.4) is 0 Å². The third kappa shape index (κ3) is 3.26. The average Bonchev–Trinajstić information content (AvgIpc) is 2.78. The second kappa shape index (κ2) is 6.40. The molecule has 2 atom stereocenters. The van der Waals surface area contributed by atoms with E-state index in [4.69, 9.17) is 0 Å². The molecule has 0 aromatic heterocycles. The molecule has 0 unspecified atom stereocenters. The van der Waals surface area contributed by atoms with Crippen LogP contribution in [-0.4, -0.2) is 28.9 Å². The fraction of sp³-hybridized carbons (Fsp3) is 0.571. The van der Waals surface area contributed by atoms with E-state index in [-0.39, 0.29) is 28.8 Å². The first-order valence-electron chi connectivity index (χ1n) is 9.11. The number of nitrogens with zero attached hydrogens (tertiary/aromatic N) is 1. The minimum Gasteiger partial charge on any atom is -0.337 e. The molecule has 25 heavy (non-hydrogen) atoms. The molecule has 1 aromatic rings. The highest BCUT2D eigenvalue weighted by atomic mass is 16.2. The maximum atomic E-state index is 13.4. The van der Waals surface area contributed by atoms with Crippen molar-refractivity contribution in [3.63, 3.8) is 0 Å². The number of hydrogen-bond donors (Lipinski definition) is 0. The molecule has 0 N–H and O–H groups in total. The summed E-state index contributed by atoms with van der Waals surface area (Å²) in [5.74, 6) is -0.124. The molecule has 1 aliphatic heterocycles. The molecule has 2 fully saturated rings. The average molecular weight is 341 g/mol. The van der Waals surface area contributed by atoms with Crippen molar-refractivity contribution in [2.45, 2.75) is 53.0 Å². The third-order valence-corrected chi connectivity index (χ3v) is 5.76. The topological polar surface area (TPSA) is 54.5 Å². The number of carbonyl (C=O) groups is 3. The summed E-state index contributed by atoms with van der Waals surface area (Å²) in [6, 6.07) is 9.88. The summed E-state index contributed by atoms with van der Waals surface area (Å²) in [4.78, 5) is 40.0. The quantitative estimate of drug-likeness (QED) is 0.789. The number of ketones is 2. The largest absolute Gasteiger partial charge is 0.337 e. The van der Waals surface area contributed by atoms with Gasteiger partial charge >= 0.3 is 0 Å². The first-order chi connectivity index (χ1) is 11.7. The molecule has 1 amide bonds. The Balaban J connectivity index is 1.92. The summed E-state index contributed by atoms with van der Waals surface area (Å²) in [5, 5.41) is 0. The highest BCUT2D eigenvalue weighted by Gasteiger charge is 2.61. The van der Waals surface area contributed by atoms with Gasteiger partial charge in [-0.25, -0.2) is 0 Å². The Labute approximate surface area is 149 Å². The monoisotopic (exact) mass is 341 g/mol. The maximum absolute atomic E-state index is 13.4. The van der Waals surface area contributed by atoms with E-state index in [2.05, 4.69) is 0 Å². The lowest BCUT2D eigenvalue weighted by atomic mass is 9.65. The van der Waals surface area contributed by atoms with Gasteiger partial charge in [0.05, 0.1) is 0 Å². The lowest BCUT2D eigenvalue weighted by molar-refractivity contribution is -0.158. The molecule has 1 heterocycles. The Morgan fingerprint density at radius 3 is 2.44 bits per heavy atom. The molecule has 1 aromatic carbocycles. The van der Waals surface area contributed by atoms with Crippen LogP contribution >= 0.6 is 0 Å². The van der Waals surface area contributed by atoms with Crippen LogP contribution in [0.5, 0.6) is 0 Å². The Kier molecular flexibility index (Phi) is 4.56. The predicted molar refractivity (Wildman–Crippen MR) is 95.7 cm³/mol. The van der Waals surface area contributed by atoms with E-state index in [0.717, 1.165) is 12.0 Å². The molecule has 2 aliphatic rings. The van der Waals surface area contributed by atoms with E-state index in [0.29, 0.717) is 32.4 Å². The molecule has 0 radical (unpaired) electrons. The van der Waals surface area contributed by atoms with Crippen LogP contribution in [0.15, 0.2) is 30.3 Å². The van der Waals surface area contributed by atoms with Crippen molar-refractivity contribution >= 4 is 17.5 Å². The van der Waals surface area contributed by atoms with Gasteiger partial charge in [0.1, 0.15) is 17.0 Å². The van der Waals surface area contributed by atoms with Gasteiger partial charge in [0.2, 0.25) is 5.91 Å². The Morgan fingerprint density at radius 1 is 1.20 bits per heavy atom. The van der Waals surface area contributed by atoms with Crippen LogP contribution in [0.25, 0.3) is 0 Å². The van der Waals surface area contributed by atoms with Gasteiger partial charge in [-0.05, 0) is 36.7 Å². The van der Waals surface area contributed by atoms with Gasteiger partial charge in [0, 0.05) is 25.9 Å². The number of amides is 1. The van der Waals surface area contributed by atoms with Gasteiger partial charge in [-0.15, -0.1) is 0 Å². The van der Waals surface area contributed by atoms with Gasteiger partial charge < -0.3 is 9.69 Å². The van der Waals surface area contributed by atoms with Crippen molar-refractivity contribution in [3.8, 4) is 0 Å². The summed E-state index contributed by atoms with van der Waals surface area (Å²) >= 11 is 0. The summed E-state index contributed by atoms with van der Waals surface area (Å²) < 4.78 is 0. The van der Waals surface area contributed by atoms with Crippen LogP contribution in [0.4, 0.5) is 0 Å². The number of carbonyl (C=O) groups excluding carboxylic acids is 3. The smallest absolute Gasteiger partial charge is 0.236 e. The van der Waals surface area contributed by atoms with Gasteiger partial charge in [-0.2, -0.15) is 0 Å². The third-order valence-electron chi connectivity index (χ3n) is 5.76. The fourth-order valence-electron chi connectivity index (χ4n) is 4.77. The van der Waals surface area contributed by atoms with Crippen molar-refractivity contribution in [3.05, 3.63) is 35.9 Å². The van der Waals surface area contributed by atoms with E-state index in [1.54, 1.807) is 6.92 Å². The van der Waals surface area contributed by atoms with E-state index >= 15 is 0 Å². The van der Waals surface area contributed by atoms with Crippen molar-refractivity contribution in [2.75, 3.05) is 6.54 Å². The molecule has 4 nitrogen and oxygen atoms in total. The highest BCUT2D eigenvalue weighted by molar-refractivity contribution is 6.09. The summed E-state index contributed by atoms with van der Waals surface area (Å²) in [6.07, 6.45) is 2.03. The summed E-state index contributed by atoms with van der Waals surface area (Å²) in [5.41, 5.74) is -0.111. The van der Waals surface area contributed by atoms with Crippen molar-refractivity contribution in [1.82, 2.24) is 4.90 Å². The number of rotatable bonds is 4. The van der Waals surface area contributed by atoms with Crippen molar-refractivity contribution < 1.29 is 14.4 Å². The highest BCUT2D eigenvalue weighted by Crippen LogP contribution is 2.55. The van der Waals surface area contributed by atoms with Gasteiger partial charge in [-0.1, -0.05) is 44.2 Å². The number of piperidine rings is 1. The Morgan fingerprint density at radius 2 is 1.88 bits per heavy atom. The van der Waals surface area contributed by atoms with Crippen molar-refractivity contribution in [1.29, 1.82) is 0 Å². The van der Waals surface area contributed by atoms with E-state index in [1.165, 1.54) is 0 Å². The van der Waals surface area contributed by atoms with Gasteiger partial charge in [0.25, 0.3) is 0 Å². The molecule has 1 saturated heterocycles. The number of benzene rings is 1. The van der Waals surface area contributed by atoms with Crippen LogP contribution in [-0.2, 0) is 20.9 Å². The predicted octanol–water partition coefficient (Wildman–Crippen LogP) is 3.39. The van der Waals surface area contributed by atoms with Gasteiger partial charge in [0.15, 0.2) is 0 Å². The maximum Gasteiger partial charge on any atom is 0.236 e. The Bertz CT molecular complexity index is 694. The van der Waals surface area contributed by atoms with E-state index in [1.807, 2.05) is 49.1 Å². The number of hydrogen-bond acceptors (Lipinski definition) is 3. The van der Waals surface area contributed by atoms with E-state index < -0.39 is 5.41 Å². The minimum absolute atomic E-state index is 0.0338. The zero-order valence-electron chi connectivity index (χ0n) is 15.4. The second-order valence-electron chi connectivity index (χ2n) is 8.52.